The molecule has 0 heterocycles. The Morgan fingerprint density at radius 1 is 1.05 bits per heavy atom. The van der Waals surface area contributed by atoms with Gasteiger partial charge in [0, 0.05) is 40.8 Å². The van der Waals surface area contributed by atoms with Crippen LogP contribution in [0.15, 0.2) is 35.3 Å². The highest BCUT2D eigenvalue weighted by atomic mass is 16.2. The molecule has 1 amide bonds. The van der Waals surface area contributed by atoms with Gasteiger partial charge in [0.15, 0.2) is 5.96 Å². The minimum atomic E-state index is -0.0937. The summed E-state index contributed by atoms with van der Waals surface area (Å²) in [4.78, 5) is 22.3. The lowest BCUT2D eigenvalue weighted by Crippen LogP contribution is -2.51. The molecule has 0 aliphatic carbocycles. The molecule has 0 fully saturated rings. The lowest BCUT2D eigenvalue weighted by atomic mass is 10.2. The predicted octanol–water partition coefficient (Wildman–Crippen LogP) is 1.58. The summed E-state index contributed by atoms with van der Waals surface area (Å²) >= 11 is 0. The third kappa shape index (κ3) is 3.50. The summed E-state index contributed by atoms with van der Waals surface area (Å²) in [5.41, 5.74) is 0.690. The Labute approximate surface area is 121 Å². The third-order valence-corrected chi connectivity index (χ3v) is 3.38. The fourth-order valence-corrected chi connectivity index (χ4v) is 2.05. The molecule has 1 unspecified atom stereocenters. The lowest BCUT2D eigenvalue weighted by molar-refractivity contribution is 0.0629. The van der Waals surface area contributed by atoms with Crippen LogP contribution in [0.1, 0.15) is 17.3 Å². The topological polar surface area (TPSA) is 39.1 Å². The van der Waals surface area contributed by atoms with Crippen LogP contribution in [0.3, 0.4) is 0 Å². The first-order chi connectivity index (χ1) is 9.40. The van der Waals surface area contributed by atoms with Crippen molar-refractivity contribution in [2.75, 3.05) is 35.2 Å². The van der Waals surface area contributed by atoms with E-state index in [-0.39, 0.29) is 12.1 Å². The molecule has 5 nitrogen and oxygen atoms in total. The normalized spacial score (nSPS) is 12.8. The van der Waals surface area contributed by atoms with Crippen molar-refractivity contribution in [1.29, 1.82) is 0 Å². The summed E-state index contributed by atoms with van der Waals surface area (Å²) in [7, 11) is 9.36. The molecule has 5 heteroatoms. The standard InChI is InChI=1S/C15H24N4O/c1-12(19(6)15(16-2)17(3)4)18(5)14(20)13-10-8-7-9-11-13/h7-12H,1-6H3. The van der Waals surface area contributed by atoms with Gasteiger partial charge in [0.2, 0.25) is 0 Å². The molecule has 0 bridgehead atoms. The highest BCUT2D eigenvalue weighted by molar-refractivity contribution is 5.94. The van der Waals surface area contributed by atoms with Crippen LogP contribution in [-0.2, 0) is 0 Å². The van der Waals surface area contributed by atoms with E-state index in [9.17, 15) is 4.79 Å². The van der Waals surface area contributed by atoms with E-state index in [1.54, 1.807) is 19.0 Å². The van der Waals surface area contributed by atoms with Gasteiger partial charge < -0.3 is 14.7 Å². The number of aliphatic imine (C=N–C) groups is 1. The average Bonchev–Trinajstić information content (AvgIpc) is 2.46. The zero-order chi connectivity index (χ0) is 15.3. The zero-order valence-corrected chi connectivity index (χ0v) is 13.2. The highest BCUT2D eigenvalue weighted by Crippen LogP contribution is 2.09. The SMILES string of the molecule is CN=C(N(C)C)N(C)C(C)N(C)C(=O)c1ccccc1. The summed E-state index contributed by atoms with van der Waals surface area (Å²) in [5.74, 6) is 0.823. The smallest absolute Gasteiger partial charge is 0.255 e. The predicted molar refractivity (Wildman–Crippen MR) is 82.8 cm³/mol. The van der Waals surface area contributed by atoms with Crippen LogP contribution in [0.2, 0.25) is 0 Å². The largest absolute Gasteiger partial charge is 0.349 e. The van der Waals surface area contributed by atoms with Gasteiger partial charge in [0.05, 0.1) is 0 Å². The Balaban J connectivity index is 2.86. The number of carbonyl (C=O) groups is 1. The van der Waals surface area contributed by atoms with Crippen molar-refractivity contribution in [3.05, 3.63) is 35.9 Å². The van der Waals surface area contributed by atoms with Gasteiger partial charge in [-0.1, -0.05) is 18.2 Å². The summed E-state index contributed by atoms with van der Waals surface area (Å²) < 4.78 is 0. The summed E-state index contributed by atoms with van der Waals surface area (Å²) in [5, 5.41) is 0. The van der Waals surface area contributed by atoms with Crippen LogP contribution >= 0.6 is 0 Å². The fraction of sp³-hybridized carbons (Fsp3) is 0.467. The molecule has 0 spiro atoms. The van der Waals surface area contributed by atoms with Crippen LogP contribution in [-0.4, -0.2) is 68.0 Å². The van der Waals surface area contributed by atoms with E-state index in [2.05, 4.69) is 4.99 Å². The Bertz CT molecular complexity index is 470. The van der Waals surface area contributed by atoms with Crippen LogP contribution in [0.4, 0.5) is 0 Å². The van der Waals surface area contributed by atoms with E-state index in [1.807, 2.05) is 68.2 Å². The number of benzene rings is 1. The number of guanidine groups is 1. The molecule has 1 aromatic rings. The number of amides is 1. The van der Waals surface area contributed by atoms with Crippen LogP contribution < -0.4 is 0 Å². The second-order valence-corrected chi connectivity index (χ2v) is 4.94. The fourth-order valence-electron chi connectivity index (χ4n) is 2.05. The van der Waals surface area contributed by atoms with Crippen molar-refractivity contribution in [2.24, 2.45) is 4.99 Å². The molecule has 110 valence electrons. The summed E-state index contributed by atoms with van der Waals surface area (Å²) in [6.45, 7) is 1.98. The zero-order valence-electron chi connectivity index (χ0n) is 13.2. The van der Waals surface area contributed by atoms with Crippen molar-refractivity contribution in [2.45, 2.75) is 13.1 Å². The van der Waals surface area contributed by atoms with Gasteiger partial charge in [-0.05, 0) is 19.1 Å². The molecular formula is C15H24N4O. The third-order valence-electron chi connectivity index (χ3n) is 3.38. The van der Waals surface area contributed by atoms with Gasteiger partial charge in [0.25, 0.3) is 5.91 Å². The Hall–Kier alpha value is -2.04. The number of nitrogens with zero attached hydrogens (tertiary/aromatic N) is 4. The molecule has 20 heavy (non-hydrogen) atoms. The molecule has 0 aliphatic rings. The number of carbonyl (C=O) groups excluding carboxylic acids is 1. The number of hydrogen-bond donors (Lipinski definition) is 0. The maximum absolute atomic E-state index is 12.4. The van der Waals surface area contributed by atoms with E-state index in [1.165, 1.54) is 0 Å². The molecule has 1 rings (SSSR count). The van der Waals surface area contributed by atoms with Crippen molar-refractivity contribution in [3.8, 4) is 0 Å². The first-order valence-electron chi connectivity index (χ1n) is 6.59. The molecule has 1 aromatic carbocycles. The Morgan fingerprint density at radius 2 is 1.60 bits per heavy atom. The van der Waals surface area contributed by atoms with Crippen LogP contribution in [0.25, 0.3) is 0 Å². The Kier molecular flexibility index (Phi) is 5.55. The van der Waals surface area contributed by atoms with Gasteiger partial charge in [-0.15, -0.1) is 0 Å². The van der Waals surface area contributed by atoms with Crippen molar-refractivity contribution >= 4 is 11.9 Å². The van der Waals surface area contributed by atoms with Gasteiger partial charge in [0.1, 0.15) is 6.17 Å². The Morgan fingerprint density at radius 3 is 2.05 bits per heavy atom. The highest BCUT2D eigenvalue weighted by Gasteiger charge is 2.23. The van der Waals surface area contributed by atoms with Crippen molar-refractivity contribution in [3.63, 3.8) is 0 Å². The maximum atomic E-state index is 12.4. The summed E-state index contributed by atoms with van der Waals surface area (Å²) in [6.07, 6.45) is -0.0937. The van der Waals surface area contributed by atoms with E-state index in [0.29, 0.717) is 5.56 Å². The molecule has 0 radical (unpaired) electrons. The minimum absolute atomic E-state index is 0.000779. The van der Waals surface area contributed by atoms with E-state index < -0.39 is 0 Å². The molecule has 0 aliphatic heterocycles. The second-order valence-electron chi connectivity index (χ2n) is 4.94. The average molecular weight is 276 g/mol. The van der Waals surface area contributed by atoms with E-state index >= 15 is 0 Å². The first-order valence-corrected chi connectivity index (χ1v) is 6.59. The molecular weight excluding hydrogens is 252 g/mol. The molecule has 1 atom stereocenters. The molecule has 0 aromatic heterocycles. The first kappa shape index (κ1) is 16.0. The monoisotopic (exact) mass is 276 g/mol. The minimum Gasteiger partial charge on any atom is -0.349 e. The van der Waals surface area contributed by atoms with Gasteiger partial charge >= 0.3 is 0 Å². The second kappa shape index (κ2) is 6.93. The number of rotatable bonds is 3. The van der Waals surface area contributed by atoms with E-state index in [4.69, 9.17) is 0 Å². The molecule has 0 saturated carbocycles. The van der Waals surface area contributed by atoms with Gasteiger partial charge in [-0.25, -0.2) is 0 Å². The maximum Gasteiger partial charge on any atom is 0.255 e. The van der Waals surface area contributed by atoms with Crippen molar-refractivity contribution < 1.29 is 4.79 Å². The van der Waals surface area contributed by atoms with Crippen LogP contribution in [0.5, 0.6) is 0 Å². The van der Waals surface area contributed by atoms with Gasteiger partial charge in [-0.2, -0.15) is 0 Å². The lowest BCUT2D eigenvalue weighted by Gasteiger charge is -2.36. The van der Waals surface area contributed by atoms with Crippen molar-refractivity contribution in [1.82, 2.24) is 14.7 Å². The van der Waals surface area contributed by atoms with Crippen LogP contribution in [0, 0.1) is 0 Å². The number of hydrogen-bond acceptors (Lipinski definition) is 2. The molecule has 0 N–H and O–H groups in total. The molecule has 0 saturated heterocycles. The summed E-state index contributed by atoms with van der Waals surface area (Å²) in [6, 6.07) is 9.29. The van der Waals surface area contributed by atoms with E-state index in [0.717, 1.165) is 5.96 Å². The quantitative estimate of drug-likeness (QED) is 0.478. The van der Waals surface area contributed by atoms with Gasteiger partial charge in [-0.3, -0.25) is 9.79 Å².